The maximum Gasteiger partial charge on any atom is 0.307 e. The Balaban J connectivity index is 4.47. The van der Waals surface area contributed by atoms with Gasteiger partial charge in [-0.1, -0.05) is 238 Å². The predicted molar refractivity (Wildman–Crippen MR) is 255 cm³/mol. The van der Waals surface area contributed by atoms with E-state index < -0.39 is 11.7 Å². The van der Waals surface area contributed by atoms with Crippen molar-refractivity contribution in [1.29, 1.82) is 0 Å². The van der Waals surface area contributed by atoms with E-state index in [0.29, 0.717) is 12.8 Å². The van der Waals surface area contributed by atoms with Crippen molar-refractivity contribution >= 4 is 17.9 Å². The smallest absolute Gasteiger partial charge is 0.307 e. The zero-order chi connectivity index (χ0) is 43.9. The van der Waals surface area contributed by atoms with Gasteiger partial charge in [-0.25, -0.2) is 0 Å². The van der Waals surface area contributed by atoms with Gasteiger partial charge >= 0.3 is 17.9 Å². The van der Waals surface area contributed by atoms with Crippen molar-refractivity contribution in [3.05, 3.63) is 12.2 Å². The number of rotatable bonds is 48. The van der Waals surface area contributed by atoms with Crippen molar-refractivity contribution in [2.75, 3.05) is 13.2 Å². The number of carbonyl (C=O) groups excluding carboxylic acids is 3. The lowest BCUT2D eigenvalue weighted by molar-refractivity contribution is -0.184. The molecule has 0 saturated heterocycles. The first kappa shape index (κ1) is 58.1. The van der Waals surface area contributed by atoms with Crippen molar-refractivity contribution < 1.29 is 28.6 Å². The summed E-state index contributed by atoms with van der Waals surface area (Å²) >= 11 is 0. The standard InChI is InChI=1S/C53H101NO6/c1-4-7-10-13-16-19-22-25-26-29-31-34-37-40-43-46-51(56)59-49-53(54,60-52(57)47-44-41-38-35-32-28-24-21-18-15-12-9-6-3)48-58-50(55)45-42-39-36-33-30-27-23-20-17-14-11-8-5-2/h25-26H,4-24,27-49,54H2,1-3H3/b26-25-/t53-/m1/s1. The third-order valence-corrected chi connectivity index (χ3v) is 11.9. The second-order valence-corrected chi connectivity index (χ2v) is 18.2. The van der Waals surface area contributed by atoms with Gasteiger partial charge in [-0.2, -0.15) is 0 Å². The van der Waals surface area contributed by atoms with Crippen LogP contribution in [0.3, 0.4) is 0 Å². The molecule has 0 heterocycles. The van der Waals surface area contributed by atoms with Gasteiger partial charge in [0.15, 0.2) is 0 Å². The van der Waals surface area contributed by atoms with Gasteiger partial charge in [-0.15, -0.1) is 0 Å². The Bertz CT molecular complexity index is 969. The molecule has 0 aliphatic heterocycles. The van der Waals surface area contributed by atoms with E-state index in [9.17, 15) is 14.4 Å². The minimum atomic E-state index is -1.70. The molecule has 0 radical (unpaired) electrons. The summed E-state index contributed by atoms with van der Waals surface area (Å²) in [6.45, 7) is 6.13. The van der Waals surface area contributed by atoms with Crippen molar-refractivity contribution in [1.82, 2.24) is 0 Å². The van der Waals surface area contributed by atoms with Crippen LogP contribution in [0, 0.1) is 0 Å². The molecule has 7 nitrogen and oxygen atoms in total. The fourth-order valence-corrected chi connectivity index (χ4v) is 7.84. The van der Waals surface area contributed by atoms with Crippen molar-refractivity contribution in [3.8, 4) is 0 Å². The largest absolute Gasteiger partial charge is 0.460 e. The first-order chi connectivity index (χ1) is 29.4. The Kier molecular flexibility index (Phi) is 45.1. The zero-order valence-electron chi connectivity index (χ0n) is 40.3. The Morgan fingerprint density at radius 3 is 0.867 bits per heavy atom. The molecular formula is C53H101NO6. The van der Waals surface area contributed by atoms with E-state index in [0.717, 1.165) is 70.6 Å². The van der Waals surface area contributed by atoms with E-state index in [1.54, 1.807) is 0 Å². The highest BCUT2D eigenvalue weighted by Gasteiger charge is 2.33. The van der Waals surface area contributed by atoms with Crippen LogP contribution < -0.4 is 5.73 Å². The first-order valence-corrected chi connectivity index (χ1v) is 26.3. The maximum absolute atomic E-state index is 12.9. The Labute approximate surface area is 372 Å². The van der Waals surface area contributed by atoms with Crippen LogP contribution in [0.2, 0.25) is 0 Å². The topological polar surface area (TPSA) is 105 Å². The van der Waals surface area contributed by atoms with Gasteiger partial charge in [0, 0.05) is 19.3 Å². The number of unbranched alkanes of at least 4 members (excludes halogenated alkanes) is 35. The fourth-order valence-electron chi connectivity index (χ4n) is 7.84. The Morgan fingerprint density at radius 2 is 0.583 bits per heavy atom. The number of ether oxygens (including phenoxy) is 3. The molecule has 60 heavy (non-hydrogen) atoms. The van der Waals surface area contributed by atoms with Crippen LogP contribution in [0.4, 0.5) is 0 Å². The predicted octanol–water partition coefficient (Wildman–Crippen LogP) is 16.3. The fraction of sp³-hybridized carbons (Fsp3) is 0.906. The molecule has 0 bridgehead atoms. The van der Waals surface area contributed by atoms with Gasteiger partial charge in [0.1, 0.15) is 13.2 Å². The summed E-state index contributed by atoms with van der Waals surface area (Å²) in [6.07, 6.45) is 53.0. The molecule has 2 N–H and O–H groups in total. The molecular weight excluding hydrogens is 747 g/mol. The summed E-state index contributed by atoms with van der Waals surface area (Å²) in [6, 6.07) is 0. The third-order valence-electron chi connectivity index (χ3n) is 11.9. The third kappa shape index (κ3) is 44.2. The summed E-state index contributed by atoms with van der Waals surface area (Å²) in [4.78, 5) is 38.2. The summed E-state index contributed by atoms with van der Waals surface area (Å²) in [5, 5.41) is 0. The normalized spacial score (nSPS) is 12.5. The van der Waals surface area contributed by atoms with E-state index in [-0.39, 0.29) is 31.6 Å². The summed E-state index contributed by atoms with van der Waals surface area (Å²) in [5.74, 6) is -1.17. The molecule has 1 atom stereocenters. The average Bonchev–Trinajstić information content (AvgIpc) is 3.24. The number of carbonyl (C=O) groups is 3. The van der Waals surface area contributed by atoms with E-state index >= 15 is 0 Å². The van der Waals surface area contributed by atoms with Crippen LogP contribution >= 0.6 is 0 Å². The maximum atomic E-state index is 12.9. The van der Waals surface area contributed by atoms with Crippen LogP contribution in [-0.2, 0) is 28.6 Å². The Morgan fingerprint density at radius 1 is 0.350 bits per heavy atom. The van der Waals surface area contributed by atoms with Crippen LogP contribution in [-0.4, -0.2) is 36.8 Å². The molecule has 0 amide bonds. The summed E-state index contributed by atoms with van der Waals surface area (Å²) in [5.41, 5.74) is 4.80. The number of nitrogens with two attached hydrogens (primary N) is 1. The minimum absolute atomic E-state index is 0.243. The van der Waals surface area contributed by atoms with Crippen molar-refractivity contribution in [2.45, 2.75) is 296 Å². The molecule has 0 unspecified atom stereocenters. The lowest BCUT2D eigenvalue weighted by Gasteiger charge is -2.28. The lowest BCUT2D eigenvalue weighted by Crippen LogP contribution is -2.53. The molecule has 7 heteroatoms. The first-order valence-electron chi connectivity index (χ1n) is 26.3. The van der Waals surface area contributed by atoms with Crippen molar-refractivity contribution in [2.24, 2.45) is 5.73 Å². The molecule has 0 aliphatic rings. The van der Waals surface area contributed by atoms with E-state index in [1.165, 1.54) is 180 Å². The van der Waals surface area contributed by atoms with Crippen LogP contribution in [0.1, 0.15) is 290 Å². The van der Waals surface area contributed by atoms with Gasteiger partial charge in [-0.3, -0.25) is 20.1 Å². The molecule has 0 aromatic heterocycles. The zero-order valence-corrected chi connectivity index (χ0v) is 40.3. The summed E-state index contributed by atoms with van der Waals surface area (Å²) in [7, 11) is 0. The highest BCUT2D eigenvalue weighted by atomic mass is 16.6. The van der Waals surface area contributed by atoms with Gasteiger partial charge in [-0.05, 0) is 44.9 Å². The number of esters is 3. The van der Waals surface area contributed by atoms with Gasteiger partial charge in [0.05, 0.1) is 0 Å². The number of hydrogen-bond donors (Lipinski definition) is 1. The van der Waals surface area contributed by atoms with Gasteiger partial charge in [0.25, 0.3) is 0 Å². The Hall–Kier alpha value is -1.89. The summed E-state index contributed by atoms with van der Waals surface area (Å²) < 4.78 is 16.7. The van der Waals surface area contributed by atoms with Crippen LogP contribution in [0.15, 0.2) is 12.2 Å². The molecule has 0 aromatic rings. The van der Waals surface area contributed by atoms with Crippen LogP contribution in [0.5, 0.6) is 0 Å². The van der Waals surface area contributed by atoms with E-state index in [2.05, 4.69) is 32.9 Å². The van der Waals surface area contributed by atoms with Crippen molar-refractivity contribution in [3.63, 3.8) is 0 Å². The highest BCUT2D eigenvalue weighted by molar-refractivity contribution is 5.71. The molecule has 0 rings (SSSR count). The second kappa shape index (κ2) is 46.6. The quantitative estimate of drug-likeness (QED) is 0.0214. The average molecular weight is 848 g/mol. The molecule has 0 spiro atoms. The van der Waals surface area contributed by atoms with Crippen LogP contribution in [0.25, 0.3) is 0 Å². The van der Waals surface area contributed by atoms with E-state index in [4.69, 9.17) is 19.9 Å². The molecule has 0 aliphatic carbocycles. The van der Waals surface area contributed by atoms with Gasteiger partial charge < -0.3 is 14.2 Å². The minimum Gasteiger partial charge on any atom is -0.460 e. The van der Waals surface area contributed by atoms with Gasteiger partial charge in [0.2, 0.25) is 5.72 Å². The molecule has 0 saturated carbocycles. The monoisotopic (exact) mass is 848 g/mol. The lowest BCUT2D eigenvalue weighted by atomic mass is 10.0. The molecule has 0 fully saturated rings. The molecule has 0 aromatic carbocycles. The number of hydrogen-bond acceptors (Lipinski definition) is 7. The number of allylic oxidation sites excluding steroid dienone is 2. The molecule has 354 valence electrons. The van der Waals surface area contributed by atoms with E-state index in [1.807, 2.05) is 0 Å². The SMILES string of the molecule is CCCCCCCC/C=C\CCCCCCCC(=O)OC[C@@](N)(COC(=O)CCCCCCCCCCCCCCC)OC(=O)CCCCCCCCCCCCCCC. The second-order valence-electron chi connectivity index (χ2n) is 18.2. The highest BCUT2D eigenvalue weighted by Crippen LogP contribution is 2.17.